The van der Waals surface area contributed by atoms with E-state index in [-0.39, 0.29) is 17.6 Å². The van der Waals surface area contributed by atoms with Crippen molar-refractivity contribution in [2.24, 2.45) is 0 Å². The van der Waals surface area contributed by atoms with E-state index >= 15 is 0 Å². The van der Waals surface area contributed by atoms with Gasteiger partial charge in [-0.3, -0.25) is 9.69 Å². The Morgan fingerprint density at radius 2 is 1.97 bits per heavy atom. The molecule has 2 aromatic rings. The van der Waals surface area contributed by atoms with Gasteiger partial charge in [0.2, 0.25) is 5.91 Å². The Morgan fingerprint density at radius 1 is 1.17 bits per heavy atom. The number of rotatable bonds is 7. The van der Waals surface area contributed by atoms with E-state index < -0.39 is 0 Å². The van der Waals surface area contributed by atoms with E-state index in [4.69, 9.17) is 9.47 Å². The molecule has 0 saturated carbocycles. The molecule has 2 aliphatic rings. The summed E-state index contributed by atoms with van der Waals surface area (Å²) in [6.07, 6.45) is 3.90. The largest absolute Gasteiger partial charge is 0.372 e. The zero-order valence-corrected chi connectivity index (χ0v) is 17.8. The fraction of sp³-hybridized carbons (Fsp3) is 0.480. The predicted molar refractivity (Wildman–Crippen MR) is 118 cm³/mol. The first kappa shape index (κ1) is 21.0. The van der Waals surface area contributed by atoms with E-state index in [1.54, 1.807) is 0 Å². The zero-order chi connectivity index (χ0) is 20.8. The van der Waals surface area contributed by atoms with E-state index in [0.29, 0.717) is 13.2 Å². The Kier molecular flexibility index (Phi) is 6.82. The number of carbonyl (C=O) groups excluding carboxylic acids is 1. The third kappa shape index (κ3) is 4.91. The highest BCUT2D eigenvalue weighted by Gasteiger charge is 2.47. The summed E-state index contributed by atoms with van der Waals surface area (Å²) < 4.78 is 12.6. The summed E-state index contributed by atoms with van der Waals surface area (Å²) in [4.78, 5) is 14.9. The monoisotopic (exact) mass is 408 g/mol. The maximum absolute atomic E-state index is 12.7. The van der Waals surface area contributed by atoms with Crippen LogP contribution in [0.1, 0.15) is 37.3 Å². The van der Waals surface area contributed by atoms with Crippen molar-refractivity contribution in [1.82, 2.24) is 4.90 Å². The molecule has 4 rings (SSSR count). The fourth-order valence-electron chi connectivity index (χ4n) is 4.63. The Hall–Kier alpha value is -2.21. The highest BCUT2D eigenvalue weighted by Crippen LogP contribution is 2.38. The van der Waals surface area contributed by atoms with Crippen molar-refractivity contribution < 1.29 is 14.3 Å². The third-order valence-electron chi connectivity index (χ3n) is 6.33. The second-order valence-electron chi connectivity index (χ2n) is 8.35. The molecular weight excluding hydrogens is 376 g/mol. The van der Waals surface area contributed by atoms with Gasteiger partial charge in [-0.15, -0.1) is 0 Å². The molecule has 0 bridgehead atoms. The van der Waals surface area contributed by atoms with Gasteiger partial charge >= 0.3 is 0 Å². The first-order valence-corrected chi connectivity index (χ1v) is 11.1. The molecule has 1 N–H and O–H groups in total. The molecule has 0 aromatic heterocycles. The van der Waals surface area contributed by atoms with Crippen LogP contribution < -0.4 is 5.32 Å². The molecule has 30 heavy (non-hydrogen) atoms. The summed E-state index contributed by atoms with van der Waals surface area (Å²) in [7, 11) is 0. The summed E-state index contributed by atoms with van der Waals surface area (Å²) in [5, 5.41) is 3.09. The number of para-hydroxylation sites is 1. The van der Waals surface area contributed by atoms with Gasteiger partial charge in [0.05, 0.1) is 24.9 Å². The van der Waals surface area contributed by atoms with Crippen LogP contribution in [0.25, 0.3) is 0 Å². The van der Waals surface area contributed by atoms with Crippen LogP contribution >= 0.6 is 0 Å². The number of benzene rings is 2. The highest BCUT2D eigenvalue weighted by molar-refractivity contribution is 5.93. The van der Waals surface area contributed by atoms with Crippen molar-refractivity contribution in [3.63, 3.8) is 0 Å². The number of nitrogens with zero attached hydrogens (tertiary/aromatic N) is 1. The molecule has 160 valence electrons. The van der Waals surface area contributed by atoms with Gasteiger partial charge in [-0.25, -0.2) is 0 Å². The maximum Gasteiger partial charge on any atom is 0.238 e. The van der Waals surface area contributed by atoms with Crippen LogP contribution in [-0.2, 0) is 27.3 Å². The van der Waals surface area contributed by atoms with Crippen LogP contribution in [0.15, 0.2) is 54.6 Å². The molecule has 5 nitrogen and oxygen atoms in total. The Balaban J connectivity index is 1.38. The standard InChI is InChI=1S/C25H32N2O3/c1-2-21-11-6-7-12-22(21)26-24(28)18-27-15-14-25(13-8-16-30-25)23(17-27)29-19-20-9-4-3-5-10-20/h3-7,9-12,23H,2,8,13-19H2,1H3,(H,26,28)/t23-,25+/m1/s1. The predicted octanol–water partition coefficient (Wildman–Crippen LogP) is 4.03. The number of piperidine rings is 1. The van der Waals surface area contributed by atoms with E-state index in [9.17, 15) is 4.79 Å². The van der Waals surface area contributed by atoms with Crippen molar-refractivity contribution >= 4 is 11.6 Å². The van der Waals surface area contributed by atoms with E-state index in [1.807, 2.05) is 36.4 Å². The molecule has 1 spiro atoms. The molecule has 2 atom stereocenters. The smallest absolute Gasteiger partial charge is 0.238 e. The number of hydrogen-bond donors (Lipinski definition) is 1. The van der Waals surface area contributed by atoms with Crippen LogP contribution in [0.3, 0.4) is 0 Å². The molecule has 0 radical (unpaired) electrons. The Labute approximate surface area is 179 Å². The van der Waals surface area contributed by atoms with Crippen molar-refractivity contribution in [2.45, 2.75) is 50.9 Å². The number of nitrogens with one attached hydrogen (secondary N) is 1. The maximum atomic E-state index is 12.7. The molecule has 0 unspecified atom stereocenters. The number of likely N-dealkylation sites (tertiary alicyclic amines) is 1. The molecule has 2 saturated heterocycles. The van der Waals surface area contributed by atoms with Crippen molar-refractivity contribution in [2.75, 3.05) is 31.6 Å². The van der Waals surface area contributed by atoms with Crippen LogP contribution in [0.2, 0.25) is 0 Å². The lowest BCUT2D eigenvalue weighted by Crippen LogP contribution is -2.57. The van der Waals surface area contributed by atoms with Gasteiger partial charge in [0.15, 0.2) is 0 Å². The minimum atomic E-state index is -0.198. The van der Waals surface area contributed by atoms with Crippen LogP contribution in [-0.4, -0.2) is 48.8 Å². The number of hydrogen-bond acceptors (Lipinski definition) is 4. The number of amides is 1. The average molecular weight is 409 g/mol. The van der Waals surface area contributed by atoms with Crippen LogP contribution in [0.5, 0.6) is 0 Å². The first-order chi connectivity index (χ1) is 14.7. The molecular formula is C25H32N2O3. The van der Waals surface area contributed by atoms with Gasteiger partial charge in [-0.1, -0.05) is 55.5 Å². The number of carbonyl (C=O) groups is 1. The van der Waals surface area contributed by atoms with Crippen LogP contribution in [0, 0.1) is 0 Å². The van der Waals surface area contributed by atoms with Crippen molar-refractivity contribution in [3.8, 4) is 0 Å². The molecule has 1 amide bonds. The first-order valence-electron chi connectivity index (χ1n) is 11.1. The van der Waals surface area contributed by atoms with E-state index in [2.05, 4.69) is 35.3 Å². The zero-order valence-electron chi connectivity index (χ0n) is 17.8. The van der Waals surface area contributed by atoms with Gasteiger partial charge in [-0.2, -0.15) is 0 Å². The molecule has 5 heteroatoms. The topological polar surface area (TPSA) is 50.8 Å². The lowest BCUT2D eigenvalue weighted by molar-refractivity contribution is -0.159. The van der Waals surface area contributed by atoms with Gasteiger partial charge in [0, 0.05) is 25.4 Å². The second-order valence-corrected chi connectivity index (χ2v) is 8.35. The average Bonchev–Trinajstić information content (AvgIpc) is 3.24. The van der Waals surface area contributed by atoms with Crippen molar-refractivity contribution in [3.05, 3.63) is 65.7 Å². The van der Waals surface area contributed by atoms with E-state index in [1.165, 1.54) is 0 Å². The van der Waals surface area contributed by atoms with Crippen molar-refractivity contribution in [1.29, 1.82) is 0 Å². The minimum absolute atomic E-state index is 0.0234. The Morgan fingerprint density at radius 3 is 2.73 bits per heavy atom. The molecule has 2 fully saturated rings. The normalized spacial score (nSPS) is 24.2. The minimum Gasteiger partial charge on any atom is -0.372 e. The summed E-state index contributed by atoms with van der Waals surface area (Å²) in [6, 6.07) is 18.3. The molecule has 0 aliphatic carbocycles. The fourth-order valence-corrected chi connectivity index (χ4v) is 4.63. The van der Waals surface area contributed by atoms with E-state index in [0.717, 1.165) is 62.2 Å². The number of anilines is 1. The quantitative estimate of drug-likeness (QED) is 0.752. The molecule has 2 heterocycles. The summed E-state index contributed by atoms with van der Waals surface area (Å²) >= 11 is 0. The lowest BCUT2D eigenvalue weighted by Gasteiger charge is -2.44. The lowest BCUT2D eigenvalue weighted by atomic mass is 9.85. The number of ether oxygens (including phenoxy) is 2. The summed E-state index contributed by atoms with van der Waals surface area (Å²) in [5.41, 5.74) is 3.04. The van der Waals surface area contributed by atoms with Gasteiger partial charge in [0.25, 0.3) is 0 Å². The van der Waals surface area contributed by atoms with Gasteiger partial charge in [0.1, 0.15) is 0 Å². The van der Waals surface area contributed by atoms with Gasteiger partial charge < -0.3 is 14.8 Å². The SMILES string of the molecule is CCc1ccccc1NC(=O)CN1CC[C@@]2(CCCO2)[C@H](OCc2ccccc2)C1. The molecule has 2 aliphatic heterocycles. The Bertz CT molecular complexity index is 833. The number of aryl methyl sites for hydroxylation is 1. The summed E-state index contributed by atoms with van der Waals surface area (Å²) in [5.74, 6) is 0.0287. The third-order valence-corrected chi connectivity index (χ3v) is 6.33. The summed E-state index contributed by atoms with van der Waals surface area (Å²) in [6.45, 7) is 5.43. The molecule has 2 aromatic carbocycles. The second kappa shape index (κ2) is 9.73. The van der Waals surface area contributed by atoms with Crippen LogP contribution in [0.4, 0.5) is 5.69 Å². The van der Waals surface area contributed by atoms with Gasteiger partial charge in [-0.05, 0) is 42.9 Å². The highest BCUT2D eigenvalue weighted by atomic mass is 16.6.